The van der Waals surface area contributed by atoms with Crippen LogP contribution < -0.4 is 0 Å². The monoisotopic (exact) mass is 1020 g/mol. The lowest BCUT2D eigenvalue weighted by Crippen LogP contribution is -2.30. The summed E-state index contributed by atoms with van der Waals surface area (Å²) in [7, 11) is 0. The number of ether oxygens (including phenoxy) is 3. The molecule has 0 amide bonds. The van der Waals surface area contributed by atoms with Crippen molar-refractivity contribution in [3.05, 3.63) is 60.8 Å². The summed E-state index contributed by atoms with van der Waals surface area (Å²) in [6, 6.07) is 0. The van der Waals surface area contributed by atoms with Crippen LogP contribution in [0, 0.1) is 0 Å². The Kier molecular flexibility index (Phi) is 59.2. The lowest BCUT2D eigenvalue weighted by Gasteiger charge is -2.18. The number of allylic oxidation sites excluding steroid dienone is 10. The zero-order valence-corrected chi connectivity index (χ0v) is 48.7. The van der Waals surface area contributed by atoms with Crippen LogP contribution >= 0.6 is 0 Å². The second-order valence-electron chi connectivity index (χ2n) is 21.3. The molecule has 73 heavy (non-hydrogen) atoms. The van der Waals surface area contributed by atoms with Gasteiger partial charge in [0, 0.05) is 19.3 Å². The average Bonchev–Trinajstić information content (AvgIpc) is 3.39. The molecule has 0 radical (unpaired) electrons. The van der Waals surface area contributed by atoms with E-state index in [1.54, 1.807) is 0 Å². The van der Waals surface area contributed by atoms with Crippen LogP contribution in [-0.2, 0) is 28.6 Å². The third kappa shape index (κ3) is 59.9. The van der Waals surface area contributed by atoms with Crippen molar-refractivity contribution >= 4 is 17.9 Å². The predicted molar refractivity (Wildman–Crippen MR) is 316 cm³/mol. The Labute approximate surface area is 453 Å². The second-order valence-corrected chi connectivity index (χ2v) is 21.3. The van der Waals surface area contributed by atoms with E-state index in [2.05, 4.69) is 81.5 Å². The topological polar surface area (TPSA) is 78.9 Å². The van der Waals surface area contributed by atoms with Gasteiger partial charge in [-0.2, -0.15) is 0 Å². The van der Waals surface area contributed by atoms with Crippen LogP contribution in [0.5, 0.6) is 0 Å². The molecule has 0 saturated heterocycles. The van der Waals surface area contributed by atoms with Crippen molar-refractivity contribution in [2.45, 2.75) is 335 Å². The van der Waals surface area contributed by atoms with Gasteiger partial charge in [-0.15, -0.1) is 0 Å². The largest absolute Gasteiger partial charge is 0.462 e. The fourth-order valence-corrected chi connectivity index (χ4v) is 9.31. The third-order valence-electron chi connectivity index (χ3n) is 14.0. The van der Waals surface area contributed by atoms with Gasteiger partial charge in [-0.05, 0) is 57.8 Å². The third-order valence-corrected chi connectivity index (χ3v) is 14.0. The van der Waals surface area contributed by atoms with Gasteiger partial charge in [0.05, 0.1) is 0 Å². The summed E-state index contributed by atoms with van der Waals surface area (Å²) in [5, 5.41) is 0. The molecule has 0 aliphatic carbocycles. The van der Waals surface area contributed by atoms with Crippen LogP contribution in [0.25, 0.3) is 0 Å². The highest BCUT2D eigenvalue weighted by Gasteiger charge is 2.19. The molecule has 0 aromatic heterocycles. The van der Waals surface area contributed by atoms with Crippen LogP contribution in [-0.4, -0.2) is 37.2 Å². The number of rotatable bonds is 58. The molecule has 6 nitrogen and oxygen atoms in total. The molecule has 6 heteroatoms. The molecule has 0 rings (SSSR count). The lowest BCUT2D eigenvalue weighted by molar-refractivity contribution is -0.167. The van der Waals surface area contributed by atoms with Crippen molar-refractivity contribution < 1.29 is 28.6 Å². The number of carbonyl (C=O) groups is 3. The quantitative estimate of drug-likeness (QED) is 0.0261. The Bertz CT molecular complexity index is 1310. The SMILES string of the molecule is CC/C=C\C/C=C\C/C=C\C/C=C\C/C=C\CCCC(=O)OC(COC(=O)CCCCCCCCCCCCCCC)COC(=O)CCCCCCCCCCCCCCCCCCCCCCCCCCC. The van der Waals surface area contributed by atoms with Gasteiger partial charge in [-0.1, -0.05) is 313 Å². The molecule has 0 aromatic carbocycles. The lowest BCUT2D eigenvalue weighted by atomic mass is 10.0. The van der Waals surface area contributed by atoms with Crippen LogP contribution in [0.2, 0.25) is 0 Å². The van der Waals surface area contributed by atoms with E-state index in [0.29, 0.717) is 19.3 Å². The van der Waals surface area contributed by atoms with Gasteiger partial charge in [-0.25, -0.2) is 0 Å². The maximum absolute atomic E-state index is 12.9. The number of unbranched alkanes of at least 4 members (excludes halogenated alkanes) is 37. The summed E-state index contributed by atoms with van der Waals surface area (Å²) >= 11 is 0. The first-order valence-electron chi connectivity index (χ1n) is 31.8. The standard InChI is InChI=1S/C67H120O6/c1-4-7-10-13-16-19-22-25-27-29-30-31-32-33-34-35-36-38-39-42-45-48-51-54-57-60-66(69)72-63-64(62-71-65(68)59-56-53-50-47-44-41-24-21-18-15-12-9-6-3)73-67(70)61-58-55-52-49-46-43-40-37-28-26-23-20-17-14-11-8-5-2/h8,11,17,20,26,28,40,43,49,52,64H,4-7,9-10,12-16,18-19,21-25,27,29-39,41-42,44-48,50-51,53-63H2,1-3H3/b11-8-,20-17-,28-26-,43-40-,52-49-. The highest BCUT2D eigenvalue weighted by atomic mass is 16.6. The van der Waals surface area contributed by atoms with Gasteiger partial charge in [0.15, 0.2) is 6.10 Å². The Hall–Kier alpha value is -2.89. The van der Waals surface area contributed by atoms with Crippen LogP contribution in [0.1, 0.15) is 329 Å². The first-order valence-corrected chi connectivity index (χ1v) is 31.8. The molecule has 0 saturated carbocycles. The fraction of sp³-hybridized carbons (Fsp3) is 0.806. The molecular formula is C67H120O6. The van der Waals surface area contributed by atoms with E-state index in [0.717, 1.165) is 77.0 Å². The molecular weight excluding hydrogens is 901 g/mol. The van der Waals surface area contributed by atoms with Gasteiger partial charge in [-0.3, -0.25) is 14.4 Å². The summed E-state index contributed by atoms with van der Waals surface area (Å²) in [6.45, 7) is 6.53. The minimum atomic E-state index is -0.801. The zero-order chi connectivity index (χ0) is 52.9. The summed E-state index contributed by atoms with van der Waals surface area (Å²) in [5.41, 5.74) is 0. The normalized spacial score (nSPS) is 12.4. The number of hydrogen-bond donors (Lipinski definition) is 0. The highest BCUT2D eigenvalue weighted by molar-refractivity contribution is 5.71. The number of esters is 3. The van der Waals surface area contributed by atoms with E-state index in [4.69, 9.17) is 14.2 Å². The Morgan fingerprint density at radius 1 is 0.288 bits per heavy atom. The van der Waals surface area contributed by atoms with Gasteiger partial charge in [0.25, 0.3) is 0 Å². The van der Waals surface area contributed by atoms with Gasteiger partial charge in [0.1, 0.15) is 13.2 Å². The summed E-state index contributed by atoms with van der Waals surface area (Å²) < 4.78 is 16.9. The Balaban J connectivity index is 4.30. The van der Waals surface area contributed by atoms with E-state index < -0.39 is 6.10 Å². The molecule has 424 valence electrons. The molecule has 0 heterocycles. The fourth-order valence-electron chi connectivity index (χ4n) is 9.31. The van der Waals surface area contributed by atoms with E-state index in [1.807, 2.05) is 0 Å². The Morgan fingerprint density at radius 2 is 0.534 bits per heavy atom. The van der Waals surface area contributed by atoms with E-state index in [-0.39, 0.29) is 37.5 Å². The molecule has 0 aliphatic rings. The maximum atomic E-state index is 12.9. The summed E-state index contributed by atoms with van der Waals surface area (Å²) in [6.07, 6.45) is 78.2. The summed E-state index contributed by atoms with van der Waals surface area (Å²) in [5.74, 6) is -0.933. The molecule has 1 unspecified atom stereocenters. The molecule has 1 atom stereocenters. The average molecular weight is 1020 g/mol. The molecule has 0 bridgehead atoms. The van der Waals surface area contributed by atoms with Crippen molar-refractivity contribution in [3.8, 4) is 0 Å². The van der Waals surface area contributed by atoms with Gasteiger partial charge < -0.3 is 14.2 Å². The minimum Gasteiger partial charge on any atom is -0.462 e. The number of carbonyl (C=O) groups excluding carboxylic acids is 3. The van der Waals surface area contributed by atoms with Crippen molar-refractivity contribution in [2.24, 2.45) is 0 Å². The molecule has 0 spiro atoms. The van der Waals surface area contributed by atoms with Crippen LogP contribution in [0.3, 0.4) is 0 Å². The zero-order valence-electron chi connectivity index (χ0n) is 48.7. The minimum absolute atomic E-state index is 0.0925. The van der Waals surface area contributed by atoms with Crippen molar-refractivity contribution in [1.82, 2.24) is 0 Å². The second kappa shape index (κ2) is 61.7. The van der Waals surface area contributed by atoms with E-state index >= 15 is 0 Å². The van der Waals surface area contributed by atoms with Crippen molar-refractivity contribution in [3.63, 3.8) is 0 Å². The maximum Gasteiger partial charge on any atom is 0.306 e. The highest BCUT2D eigenvalue weighted by Crippen LogP contribution is 2.18. The van der Waals surface area contributed by atoms with Crippen LogP contribution in [0.4, 0.5) is 0 Å². The molecule has 0 fully saturated rings. The van der Waals surface area contributed by atoms with Crippen molar-refractivity contribution in [2.75, 3.05) is 13.2 Å². The van der Waals surface area contributed by atoms with Crippen LogP contribution in [0.15, 0.2) is 60.8 Å². The molecule has 0 N–H and O–H groups in total. The molecule has 0 aliphatic heterocycles. The summed E-state index contributed by atoms with van der Waals surface area (Å²) in [4.78, 5) is 38.2. The number of hydrogen-bond acceptors (Lipinski definition) is 6. The molecule has 0 aromatic rings. The van der Waals surface area contributed by atoms with E-state index in [9.17, 15) is 14.4 Å². The van der Waals surface area contributed by atoms with Gasteiger partial charge in [0.2, 0.25) is 0 Å². The predicted octanol–water partition coefficient (Wildman–Crippen LogP) is 21.6. The first kappa shape index (κ1) is 70.1. The Morgan fingerprint density at radius 3 is 0.822 bits per heavy atom. The van der Waals surface area contributed by atoms with Crippen molar-refractivity contribution in [1.29, 1.82) is 0 Å². The first-order chi connectivity index (χ1) is 36.0. The smallest absolute Gasteiger partial charge is 0.306 e. The van der Waals surface area contributed by atoms with Gasteiger partial charge >= 0.3 is 17.9 Å². The van der Waals surface area contributed by atoms with E-state index in [1.165, 1.54) is 205 Å².